The van der Waals surface area contributed by atoms with Crippen LogP contribution in [-0.2, 0) is 6.54 Å². The molecule has 1 aliphatic rings. The zero-order valence-electron chi connectivity index (χ0n) is 12.2. The molecule has 4 heteroatoms. The van der Waals surface area contributed by atoms with Crippen LogP contribution in [0.15, 0.2) is 18.2 Å². The van der Waals surface area contributed by atoms with Gasteiger partial charge in [0.1, 0.15) is 0 Å². The van der Waals surface area contributed by atoms with Crippen LogP contribution in [0.5, 0.6) is 0 Å². The van der Waals surface area contributed by atoms with E-state index in [2.05, 4.69) is 36.6 Å². The van der Waals surface area contributed by atoms with E-state index in [1.54, 1.807) is 4.90 Å². The average Bonchev–Trinajstić information content (AvgIpc) is 2.41. The molecule has 0 aliphatic carbocycles. The van der Waals surface area contributed by atoms with Crippen LogP contribution in [0.25, 0.3) is 0 Å². The molecule has 0 radical (unpaired) electrons. The van der Waals surface area contributed by atoms with Gasteiger partial charge >= 0.3 is 6.03 Å². The summed E-state index contributed by atoms with van der Waals surface area (Å²) in [6.07, 6.45) is 1.14. The fourth-order valence-corrected chi connectivity index (χ4v) is 2.61. The van der Waals surface area contributed by atoms with Gasteiger partial charge in [0.25, 0.3) is 0 Å². The number of benzene rings is 1. The van der Waals surface area contributed by atoms with Crippen molar-refractivity contribution in [1.82, 2.24) is 10.2 Å². The highest BCUT2D eigenvalue weighted by Gasteiger charge is 2.22. The van der Waals surface area contributed by atoms with Gasteiger partial charge in [0.15, 0.2) is 0 Å². The first-order valence-electron chi connectivity index (χ1n) is 6.89. The zero-order chi connectivity index (χ0) is 14.0. The van der Waals surface area contributed by atoms with E-state index in [1.807, 2.05) is 20.2 Å². The predicted molar refractivity (Wildman–Crippen MR) is 78.2 cm³/mol. The highest BCUT2D eigenvalue weighted by Crippen LogP contribution is 2.29. The minimum absolute atomic E-state index is 0.0349. The lowest BCUT2D eigenvalue weighted by Crippen LogP contribution is -2.35. The van der Waals surface area contributed by atoms with Gasteiger partial charge in [-0.05, 0) is 30.2 Å². The number of carbonyl (C=O) groups is 1. The Morgan fingerprint density at radius 2 is 2.21 bits per heavy atom. The van der Waals surface area contributed by atoms with Gasteiger partial charge < -0.3 is 15.5 Å². The minimum atomic E-state index is -0.0349. The number of nitrogens with zero attached hydrogens (tertiary/aromatic N) is 1. The van der Waals surface area contributed by atoms with Crippen LogP contribution in [0.3, 0.4) is 0 Å². The van der Waals surface area contributed by atoms with Crippen molar-refractivity contribution in [1.29, 1.82) is 0 Å². The Labute approximate surface area is 115 Å². The molecule has 19 heavy (non-hydrogen) atoms. The third-order valence-electron chi connectivity index (χ3n) is 4.01. The van der Waals surface area contributed by atoms with E-state index in [9.17, 15) is 4.79 Å². The number of nitrogens with one attached hydrogen (secondary N) is 2. The number of fused-ring (bicyclic) bond motifs is 1. The topological polar surface area (TPSA) is 44.4 Å². The van der Waals surface area contributed by atoms with Crippen LogP contribution in [0, 0.1) is 5.92 Å². The Morgan fingerprint density at radius 1 is 1.47 bits per heavy atom. The van der Waals surface area contributed by atoms with Gasteiger partial charge in [-0.2, -0.15) is 0 Å². The molecule has 2 unspecified atom stereocenters. The van der Waals surface area contributed by atoms with Crippen molar-refractivity contribution in [3.05, 3.63) is 29.3 Å². The Morgan fingerprint density at radius 3 is 2.84 bits per heavy atom. The second-order valence-corrected chi connectivity index (χ2v) is 5.35. The van der Waals surface area contributed by atoms with Gasteiger partial charge in [-0.25, -0.2) is 4.79 Å². The second kappa shape index (κ2) is 5.61. The number of rotatable bonds is 4. The fourth-order valence-electron chi connectivity index (χ4n) is 2.61. The summed E-state index contributed by atoms with van der Waals surface area (Å²) >= 11 is 0. The molecule has 0 saturated carbocycles. The second-order valence-electron chi connectivity index (χ2n) is 5.35. The molecule has 2 N–H and O–H groups in total. The summed E-state index contributed by atoms with van der Waals surface area (Å²) < 4.78 is 0. The molecule has 1 heterocycles. The maximum absolute atomic E-state index is 11.6. The number of urea groups is 1. The lowest BCUT2D eigenvalue weighted by atomic mass is 9.91. The molecule has 2 amide bonds. The number of carbonyl (C=O) groups excluding carboxylic acids is 1. The summed E-state index contributed by atoms with van der Waals surface area (Å²) in [5.41, 5.74) is 3.41. The van der Waals surface area contributed by atoms with E-state index in [4.69, 9.17) is 0 Å². The van der Waals surface area contributed by atoms with Crippen molar-refractivity contribution < 1.29 is 4.79 Å². The fraction of sp³-hybridized carbons (Fsp3) is 0.533. The quantitative estimate of drug-likeness (QED) is 0.875. The third kappa shape index (κ3) is 2.73. The van der Waals surface area contributed by atoms with Crippen LogP contribution < -0.4 is 10.6 Å². The van der Waals surface area contributed by atoms with Gasteiger partial charge in [0.2, 0.25) is 0 Å². The number of anilines is 1. The van der Waals surface area contributed by atoms with Crippen LogP contribution in [0.4, 0.5) is 10.5 Å². The minimum Gasteiger partial charge on any atom is -0.323 e. The molecule has 1 aromatic rings. The molecule has 2 rings (SSSR count). The summed E-state index contributed by atoms with van der Waals surface area (Å²) in [6, 6.07) is 6.66. The molecule has 1 aromatic carbocycles. The Hall–Kier alpha value is -1.55. The molecule has 0 saturated heterocycles. The van der Waals surface area contributed by atoms with Crippen molar-refractivity contribution in [2.75, 3.05) is 19.4 Å². The summed E-state index contributed by atoms with van der Waals surface area (Å²) in [4.78, 5) is 13.3. The van der Waals surface area contributed by atoms with Crippen molar-refractivity contribution >= 4 is 11.7 Å². The van der Waals surface area contributed by atoms with Gasteiger partial charge in [0, 0.05) is 25.3 Å². The van der Waals surface area contributed by atoms with Gasteiger partial charge in [-0.1, -0.05) is 32.4 Å². The number of hydrogen-bond acceptors (Lipinski definition) is 2. The van der Waals surface area contributed by atoms with E-state index in [1.165, 1.54) is 11.1 Å². The van der Waals surface area contributed by atoms with Crippen LogP contribution in [-0.4, -0.2) is 25.0 Å². The number of hydrogen-bond donors (Lipinski definition) is 2. The van der Waals surface area contributed by atoms with E-state index >= 15 is 0 Å². The van der Waals surface area contributed by atoms with Crippen molar-refractivity contribution in [3.63, 3.8) is 0 Å². The highest BCUT2D eigenvalue weighted by atomic mass is 16.2. The van der Waals surface area contributed by atoms with Crippen molar-refractivity contribution in [2.45, 2.75) is 32.9 Å². The average molecular weight is 261 g/mol. The molecule has 0 spiro atoms. The third-order valence-corrected chi connectivity index (χ3v) is 4.01. The maximum atomic E-state index is 11.6. The van der Waals surface area contributed by atoms with Gasteiger partial charge in [-0.3, -0.25) is 0 Å². The standard InChI is InChI=1S/C15H23N3O/c1-5-10(2)14(16-3)11-6-7-13-12(8-11)9-18(4)15(19)17-13/h6-8,10,14,16H,5,9H2,1-4H3,(H,17,19). The molecule has 0 bridgehead atoms. The zero-order valence-corrected chi connectivity index (χ0v) is 12.2. The van der Waals surface area contributed by atoms with E-state index < -0.39 is 0 Å². The molecular formula is C15H23N3O. The molecule has 0 fully saturated rings. The molecule has 1 aliphatic heterocycles. The highest BCUT2D eigenvalue weighted by molar-refractivity contribution is 5.92. The molecule has 2 atom stereocenters. The lowest BCUT2D eigenvalue weighted by molar-refractivity contribution is 0.218. The van der Waals surface area contributed by atoms with E-state index in [-0.39, 0.29) is 6.03 Å². The first kappa shape index (κ1) is 13.9. The monoisotopic (exact) mass is 261 g/mol. The van der Waals surface area contributed by atoms with Crippen molar-refractivity contribution in [2.24, 2.45) is 5.92 Å². The smallest absolute Gasteiger partial charge is 0.321 e. The Kier molecular flexibility index (Phi) is 4.10. The van der Waals surface area contributed by atoms with Crippen LogP contribution >= 0.6 is 0 Å². The predicted octanol–water partition coefficient (Wildman–Crippen LogP) is 2.97. The normalized spacial score (nSPS) is 17.7. The Balaban J connectivity index is 2.30. The molecule has 104 valence electrons. The largest absolute Gasteiger partial charge is 0.323 e. The van der Waals surface area contributed by atoms with Gasteiger partial charge in [0.05, 0.1) is 0 Å². The summed E-state index contributed by atoms with van der Waals surface area (Å²) in [5.74, 6) is 0.582. The summed E-state index contributed by atoms with van der Waals surface area (Å²) in [5, 5.41) is 6.30. The Bertz CT molecular complexity index is 472. The van der Waals surface area contributed by atoms with Crippen molar-refractivity contribution in [3.8, 4) is 0 Å². The molecule has 4 nitrogen and oxygen atoms in total. The summed E-state index contributed by atoms with van der Waals surface area (Å²) in [7, 11) is 3.82. The first-order chi connectivity index (χ1) is 9.06. The lowest BCUT2D eigenvalue weighted by Gasteiger charge is -2.28. The number of amides is 2. The SMILES string of the molecule is CCC(C)C(NC)c1ccc2c(c1)CN(C)C(=O)N2. The molecular weight excluding hydrogens is 238 g/mol. The maximum Gasteiger partial charge on any atom is 0.321 e. The van der Waals surface area contributed by atoms with E-state index in [0.717, 1.165) is 12.1 Å². The first-order valence-corrected chi connectivity index (χ1v) is 6.89. The van der Waals surface area contributed by atoms with Crippen LogP contribution in [0.1, 0.15) is 37.4 Å². The van der Waals surface area contributed by atoms with Crippen LogP contribution in [0.2, 0.25) is 0 Å². The summed E-state index contributed by atoms with van der Waals surface area (Å²) in [6.45, 7) is 5.14. The van der Waals surface area contributed by atoms with Gasteiger partial charge in [-0.15, -0.1) is 0 Å². The van der Waals surface area contributed by atoms with E-state index in [0.29, 0.717) is 18.5 Å². The molecule has 0 aromatic heterocycles.